The third-order valence-corrected chi connectivity index (χ3v) is 3.29. The van der Waals surface area contributed by atoms with Crippen LogP contribution in [0.1, 0.15) is 59.8 Å². The molecule has 0 saturated carbocycles. The molecular formula is C14H32N2. The average molecular weight is 228 g/mol. The lowest BCUT2D eigenvalue weighted by Crippen LogP contribution is -2.30. The van der Waals surface area contributed by atoms with E-state index < -0.39 is 0 Å². The summed E-state index contributed by atoms with van der Waals surface area (Å²) >= 11 is 0. The molecule has 1 N–H and O–H groups in total. The molecule has 0 amide bonds. The van der Waals surface area contributed by atoms with E-state index in [0.717, 1.165) is 12.6 Å². The van der Waals surface area contributed by atoms with Gasteiger partial charge in [0.2, 0.25) is 0 Å². The summed E-state index contributed by atoms with van der Waals surface area (Å²) < 4.78 is 0. The zero-order valence-electron chi connectivity index (χ0n) is 11.9. The van der Waals surface area contributed by atoms with Crippen LogP contribution >= 0.6 is 0 Å². The summed E-state index contributed by atoms with van der Waals surface area (Å²) in [5.41, 5.74) is 0. The first-order valence-corrected chi connectivity index (χ1v) is 7.24. The number of rotatable bonds is 11. The van der Waals surface area contributed by atoms with Crippen molar-refractivity contribution >= 4 is 0 Å². The predicted octanol–water partition coefficient (Wildman–Crippen LogP) is 3.28. The minimum Gasteiger partial charge on any atom is -0.314 e. The van der Waals surface area contributed by atoms with Crippen molar-refractivity contribution in [2.24, 2.45) is 0 Å². The van der Waals surface area contributed by atoms with Gasteiger partial charge in [0.25, 0.3) is 0 Å². The number of hydrogen-bond donors (Lipinski definition) is 1. The lowest BCUT2D eigenvalue weighted by atomic mass is 10.1. The maximum absolute atomic E-state index is 3.55. The van der Waals surface area contributed by atoms with Crippen LogP contribution in [-0.2, 0) is 0 Å². The molecule has 98 valence electrons. The van der Waals surface area contributed by atoms with Gasteiger partial charge in [-0.3, -0.25) is 0 Å². The van der Waals surface area contributed by atoms with E-state index >= 15 is 0 Å². The van der Waals surface area contributed by atoms with E-state index in [-0.39, 0.29) is 0 Å². The van der Waals surface area contributed by atoms with Crippen molar-refractivity contribution in [3.05, 3.63) is 0 Å². The summed E-state index contributed by atoms with van der Waals surface area (Å²) in [4.78, 5) is 2.59. The van der Waals surface area contributed by atoms with Gasteiger partial charge in [-0.2, -0.15) is 0 Å². The lowest BCUT2D eigenvalue weighted by Gasteiger charge is -2.22. The van der Waals surface area contributed by atoms with Crippen molar-refractivity contribution in [3.63, 3.8) is 0 Å². The van der Waals surface area contributed by atoms with Gasteiger partial charge in [-0.1, -0.05) is 34.1 Å². The standard InChI is InChI=1S/C14H32N2/c1-5-9-12-16(8-4)13-10-11-14(6-2)15-7-3/h14-15H,5-13H2,1-4H3. The van der Waals surface area contributed by atoms with E-state index in [0.29, 0.717) is 0 Å². The summed E-state index contributed by atoms with van der Waals surface area (Å²) in [6.07, 6.45) is 6.58. The Morgan fingerprint density at radius 1 is 1.00 bits per heavy atom. The van der Waals surface area contributed by atoms with Crippen molar-refractivity contribution in [1.29, 1.82) is 0 Å². The molecule has 0 spiro atoms. The zero-order chi connectivity index (χ0) is 12.2. The summed E-state index contributed by atoms with van der Waals surface area (Å²) in [5, 5.41) is 3.55. The first kappa shape index (κ1) is 15.9. The highest BCUT2D eigenvalue weighted by Gasteiger charge is 2.06. The highest BCUT2D eigenvalue weighted by molar-refractivity contribution is 4.65. The average Bonchev–Trinajstić information content (AvgIpc) is 2.32. The number of unbranched alkanes of at least 4 members (excludes halogenated alkanes) is 1. The molecule has 0 aromatic heterocycles. The highest BCUT2D eigenvalue weighted by Crippen LogP contribution is 2.04. The molecule has 1 unspecified atom stereocenters. The van der Waals surface area contributed by atoms with E-state index in [1.807, 2.05) is 0 Å². The second-order valence-electron chi connectivity index (χ2n) is 4.59. The second-order valence-corrected chi connectivity index (χ2v) is 4.59. The largest absolute Gasteiger partial charge is 0.314 e. The molecule has 0 radical (unpaired) electrons. The van der Waals surface area contributed by atoms with Crippen molar-refractivity contribution in [1.82, 2.24) is 10.2 Å². The van der Waals surface area contributed by atoms with Crippen LogP contribution in [0.2, 0.25) is 0 Å². The maximum Gasteiger partial charge on any atom is 0.00647 e. The van der Waals surface area contributed by atoms with Gasteiger partial charge in [0, 0.05) is 6.04 Å². The normalized spacial score (nSPS) is 13.3. The highest BCUT2D eigenvalue weighted by atomic mass is 15.1. The zero-order valence-corrected chi connectivity index (χ0v) is 11.9. The minimum atomic E-state index is 0.731. The first-order valence-electron chi connectivity index (χ1n) is 7.24. The quantitative estimate of drug-likeness (QED) is 0.584. The van der Waals surface area contributed by atoms with E-state index in [4.69, 9.17) is 0 Å². The van der Waals surface area contributed by atoms with E-state index in [2.05, 4.69) is 37.9 Å². The van der Waals surface area contributed by atoms with Crippen LogP contribution in [0.5, 0.6) is 0 Å². The van der Waals surface area contributed by atoms with Gasteiger partial charge < -0.3 is 10.2 Å². The fourth-order valence-corrected chi connectivity index (χ4v) is 2.11. The molecule has 0 saturated heterocycles. The topological polar surface area (TPSA) is 15.3 Å². The van der Waals surface area contributed by atoms with Crippen LogP contribution in [0.4, 0.5) is 0 Å². The van der Waals surface area contributed by atoms with Gasteiger partial charge >= 0.3 is 0 Å². The predicted molar refractivity (Wildman–Crippen MR) is 74.0 cm³/mol. The lowest BCUT2D eigenvalue weighted by molar-refractivity contribution is 0.270. The maximum atomic E-state index is 3.55. The fraction of sp³-hybridized carbons (Fsp3) is 1.00. The van der Waals surface area contributed by atoms with E-state index in [1.165, 1.54) is 51.7 Å². The van der Waals surface area contributed by atoms with Crippen LogP contribution in [0.25, 0.3) is 0 Å². The van der Waals surface area contributed by atoms with Crippen molar-refractivity contribution in [2.45, 2.75) is 65.8 Å². The molecule has 16 heavy (non-hydrogen) atoms. The summed E-state index contributed by atoms with van der Waals surface area (Å²) in [6, 6.07) is 0.731. The Morgan fingerprint density at radius 3 is 2.19 bits per heavy atom. The van der Waals surface area contributed by atoms with Crippen LogP contribution in [0, 0.1) is 0 Å². The summed E-state index contributed by atoms with van der Waals surface area (Å²) in [5.74, 6) is 0. The van der Waals surface area contributed by atoms with Crippen molar-refractivity contribution < 1.29 is 0 Å². The molecule has 0 bridgehead atoms. The number of nitrogens with one attached hydrogen (secondary N) is 1. The van der Waals surface area contributed by atoms with Gasteiger partial charge in [0.05, 0.1) is 0 Å². The molecule has 0 aliphatic carbocycles. The van der Waals surface area contributed by atoms with Gasteiger partial charge in [0.15, 0.2) is 0 Å². The minimum absolute atomic E-state index is 0.731. The third kappa shape index (κ3) is 8.12. The third-order valence-electron chi connectivity index (χ3n) is 3.29. The molecule has 0 aromatic carbocycles. The monoisotopic (exact) mass is 228 g/mol. The summed E-state index contributed by atoms with van der Waals surface area (Å²) in [6.45, 7) is 13.9. The Labute approximate surface area is 103 Å². The molecule has 0 aromatic rings. The molecule has 0 aliphatic rings. The van der Waals surface area contributed by atoms with Crippen LogP contribution in [0.15, 0.2) is 0 Å². The second kappa shape index (κ2) is 11.4. The summed E-state index contributed by atoms with van der Waals surface area (Å²) in [7, 11) is 0. The SMILES string of the molecule is CCCCN(CC)CCCC(CC)NCC. The van der Waals surface area contributed by atoms with E-state index in [9.17, 15) is 0 Å². The Balaban J connectivity index is 3.58. The van der Waals surface area contributed by atoms with Gasteiger partial charge in [-0.25, -0.2) is 0 Å². The van der Waals surface area contributed by atoms with Crippen molar-refractivity contribution in [2.75, 3.05) is 26.2 Å². The van der Waals surface area contributed by atoms with Crippen LogP contribution in [-0.4, -0.2) is 37.1 Å². The molecule has 2 heteroatoms. The van der Waals surface area contributed by atoms with Gasteiger partial charge in [0.1, 0.15) is 0 Å². The Bertz CT molecular complexity index is 137. The first-order chi connectivity index (χ1) is 7.78. The smallest absolute Gasteiger partial charge is 0.00647 e. The van der Waals surface area contributed by atoms with E-state index in [1.54, 1.807) is 0 Å². The Hall–Kier alpha value is -0.0800. The molecule has 0 aliphatic heterocycles. The molecule has 0 rings (SSSR count). The molecule has 0 heterocycles. The van der Waals surface area contributed by atoms with Crippen LogP contribution in [0.3, 0.4) is 0 Å². The fourth-order valence-electron chi connectivity index (χ4n) is 2.11. The number of nitrogens with zero attached hydrogens (tertiary/aromatic N) is 1. The Morgan fingerprint density at radius 2 is 1.69 bits per heavy atom. The van der Waals surface area contributed by atoms with Gasteiger partial charge in [-0.15, -0.1) is 0 Å². The molecule has 0 fully saturated rings. The van der Waals surface area contributed by atoms with Gasteiger partial charge in [-0.05, 0) is 51.9 Å². The Kier molecular flexibility index (Phi) is 11.3. The molecular weight excluding hydrogens is 196 g/mol. The number of hydrogen-bond acceptors (Lipinski definition) is 2. The van der Waals surface area contributed by atoms with Crippen LogP contribution < -0.4 is 5.32 Å². The molecule has 1 atom stereocenters. The van der Waals surface area contributed by atoms with Crippen molar-refractivity contribution in [3.8, 4) is 0 Å². The molecule has 2 nitrogen and oxygen atoms in total.